The van der Waals surface area contributed by atoms with Crippen LogP contribution in [0.15, 0.2) is 61.1 Å². The second kappa shape index (κ2) is 5.04. The third-order valence-corrected chi connectivity index (χ3v) is 4.47. The Morgan fingerprint density at radius 1 is 0.958 bits per heavy atom. The average Bonchev–Trinajstić information content (AvgIpc) is 3.21. The molecule has 6 heteroatoms. The van der Waals surface area contributed by atoms with Crippen molar-refractivity contribution in [2.24, 2.45) is 0 Å². The number of hydrogen-bond donors (Lipinski definition) is 0. The number of aromatic nitrogens is 5. The Kier molecular flexibility index (Phi) is 2.84. The molecule has 0 atom stereocenters. The van der Waals surface area contributed by atoms with Gasteiger partial charge in [0.25, 0.3) is 0 Å². The summed E-state index contributed by atoms with van der Waals surface area (Å²) in [6.07, 6.45) is 3.47. The van der Waals surface area contributed by atoms with Crippen molar-refractivity contribution in [1.82, 2.24) is 24.3 Å². The van der Waals surface area contributed by atoms with Gasteiger partial charge in [0.15, 0.2) is 5.82 Å². The van der Waals surface area contributed by atoms with Crippen LogP contribution in [0.3, 0.4) is 0 Å². The van der Waals surface area contributed by atoms with Crippen LogP contribution >= 0.6 is 11.6 Å². The van der Waals surface area contributed by atoms with E-state index >= 15 is 0 Å². The second-order valence-electron chi connectivity index (χ2n) is 5.68. The standard InChI is InChI=1S/C18H12ClN5/c19-13-6-7-15-16(8-13)24-14(10-23-18(15)21-11-22-23)9-20-17(24)12-4-2-1-3-5-12/h1-9,11H,10H2. The lowest BCUT2D eigenvalue weighted by Gasteiger charge is -2.13. The Morgan fingerprint density at radius 2 is 1.83 bits per heavy atom. The summed E-state index contributed by atoms with van der Waals surface area (Å²) in [7, 11) is 0. The molecular formula is C18H12ClN5. The van der Waals surface area contributed by atoms with Gasteiger partial charge in [-0.1, -0.05) is 41.9 Å². The minimum Gasteiger partial charge on any atom is -0.294 e. The van der Waals surface area contributed by atoms with Gasteiger partial charge in [-0.25, -0.2) is 14.6 Å². The van der Waals surface area contributed by atoms with Crippen molar-refractivity contribution in [2.75, 3.05) is 0 Å². The molecule has 24 heavy (non-hydrogen) atoms. The van der Waals surface area contributed by atoms with Crippen LogP contribution in [0.2, 0.25) is 5.02 Å². The summed E-state index contributed by atoms with van der Waals surface area (Å²) in [4.78, 5) is 9.08. The molecule has 116 valence electrons. The molecule has 5 nitrogen and oxygen atoms in total. The maximum Gasteiger partial charge on any atom is 0.160 e. The van der Waals surface area contributed by atoms with E-state index in [-0.39, 0.29) is 0 Å². The van der Waals surface area contributed by atoms with Gasteiger partial charge in [-0.2, -0.15) is 5.10 Å². The summed E-state index contributed by atoms with van der Waals surface area (Å²) in [5.74, 6) is 1.73. The molecule has 0 saturated heterocycles. The smallest absolute Gasteiger partial charge is 0.160 e. The fourth-order valence-electron chi connectivity index (χ4n) is 3.18. The van der Waals surface area contributed by atoms with Gasteiger partial charge >= 0.3 is 0 Å². The van der Waals surface area contributed by atoms with Crippen LogP contribution in [0.4, 0.5) is 0 Å². The molecule has 4 aromatic rings. The first kappa shape index (κ1) is 13.5. The van der Waals surface area contributed by atoms with Crippen LogP contribution in [-0.4, -0.2) is 24.3 Å². The minimum absolute atomic E-state index is 0.613. The van der Waals surface area contributed by atoms with Crippen molar-refractivity contribution < 1.29 is 0 Å². The van der Waals surface area contributed by atoms with Gasteiger partial charge in [-0.05, 0) is 18.2 Å². The summed E-state index contributed by atoms with van der Waals surface area (Å²) in [6, 6.07) is 16.0. The van der Waals surface area contributed by atoms with Crippen LogP contribution in [0.25, 0.3) is 28.5 Å². The molecule has 0 amide bonds. The Hall–Kier alpha value is -2.92. The predicted molar refractivity (Wildman–Crippen MR) is 92.1 cm³/mol. The summed E-state index contributed by atoms with van der Waals surface area (Å²) >= 11 is 6.29. The maximum atomic E-state index is 6.29. The fourth-order valence-corrected chi connectivity index (χ4v) is 3.35. The molecule has 0 radical (unpaired) electrons. The van der Waals surface area contributed by atoms with Gasteiger partial charge in [0.2, 0.25) is 0 Å². The lowest BCUT2D eigenvalue weighted by molar-refractivity contribution is 0.678. The third kappa shape index (κ3) is 1.91. The molecule has 3 heterocycles. The summed E-state index contributed by atoms with van der Waals surface area (Å²) < 4.78 is 4.04. The van der Waals surface area contributed by atoms with Crippen LogP contribution in [-0.2, 0) is 6.54 Å². The lowest BCUT2D eigenvalue weighted by Crippen LogP contribution is -2.05. The van der Waals surface area contributed by atoms with E-state index in [9.17, 15) is 0 Å². The zero-order chi connectivity index (χ0) is 16.1. The summed E-state index contributed by atoms with van der Waals surface area (Å²) in [5, 5.41) is 5.03. The highest BCUT2D eigenvalue weighted by Crippen LogP contribution is 2.35. The monoisotopic (exact) mass is 333 g/mol. The second-order valence-corrected chi connectivity index (χ2v) is 6.11. The normalized spacial score (nSPS) is 12.2. The van der Waals surface area contributed by atoms with Gasteiger partial charge in [-0.15, -0.1) is 0 Å². The van der Waals surface area contributed by atoms with Crippen LogP contribution in [0.1, 0.15) is 5.69 Å². The van der Waals surface area contributed by atoms with Crippen molar-refractivity contribution in [3.63, 3.8) is 0 Å². The van der Waals surface area contributed by atoms with Crippen molar-refractivity contribution in [2.45, 2.75) is 6.54 Å². The molecule has 5 rings (SSSR count). The summed E-state index contributed by atoms with van der Waals surface area (Å²) in [6.45, 7) is 0.613. The highest BCUT2D eigenvalue weighted by atomic mass is 35.5. The Morgan fingerprint density at radius 3 is 2.71 bits per heavy atom. The predicted octanol–water partition coefficient (Wildman–Crippen LogP) is 3.81. The summed E-state index contributed by atoms with van der Waals surface area (Å²) in [5.41, 5.74) is 4.07. The van der Waals surface area contributed by atoms with E-state index in [1.165, 1.54) is 0 Å². The van der Waals surface area contributed by atoms with E-state index in [4.69, 9.17) is 11.6 Å². The van der Waals surface area contributed by atoms with Crippen LogP contribution in [0, 0.1) is 0 Å². The van der Waals surface area contributed by atoms with Gasteiger partial charge in [-0.3, -0.25) is 4.57 Å². The topological polar surface area (TPSA) is 48.5 Å². The number of imidazole rings is 1. The number of fused-ring (bicyclic) bond motifs is 5. The molecule has 0 unspecified atom stereocenters. The quantitative estimate of drug-likeness (QED) is 0.468. The van der Waals surface area contributed by atoms with Gasteiger partial charge < -0.3 is 0 Å². The average molecular weight is 334 g/mol. The highest BCUT2D eigenvalue weighted by molar-refractivity contribution is 6.30. The molecule has 1 aliphatic heterocycles. The first-order chi connectivity index (χ1) is 11.8. The Labute approximate surface area is 143 Å². The largest absolute Gasteiger partial charge is 0.294 e. The van der Waals surface area contributed by atoms with Crippen LogP contribution in [0.5, 0.6) is 0 Å². The van der Waals surface area contributed by atoms with Crippen molar-refractivity contribution in [3.05, 3.63) is 71.8 Å². The molecule has 0 N–H and O–H groups in total. The van der Waals surface area contributed by atoms with Gasteiger partial charge in [0, 0.05) is 16.1 Å². The first-order valence-corrected chi connectivity index (χ1v) is 7.99. The highest BCUT2D eigenvalue weighted by Gasteiger charge is 2.24. The van der Waals surface area contributed by atoms with Gasteiger partial charge in [0.05, 0.1) is 24.1 Å². The van der Waals surface area contributed by atoms with E-state index < -0.39 is 0 Å². The Balaban J connectivity index is 1.85. The number of rotatable bonds is 1. The maximum absolute atomic E-state index is 6.29. The van der Waals surface area contributed by atoms with Gasteiger partial charge in [0.1, 0.15) is 12.2 Å². The molecule has 2 aromatic carbocycles. The molecule has 0 spiro atoms. The fraction of sp³-hybridized carbons (Fsp3) is 0.0556. The molecule has 0 fully saturated rings. The zero-order valence-corrected chi connectivity index (χ0v) is 13.4. The van der Waals surface area contributed by atoms with E-state index in [0.717, 1.165) is 34.2 Å². The third-order valence-electron chi connectivity index (χ3n) is 4.24. The molecule has 0 aliphatic carbocycles. The van der Waals surface area contributed by atoms with Crippen molar-refractivity contribution in [1.29, 1.82) is 0 Å². The molecular weight excluding hydrogens is 322 g/mol. The molecule has 2 aromatic heterocycles. The molecule has 0 bridgehead atoms. The number of benzene rings is 2. The number of halogens is 1. The van der Waals surface area contributed by atoms with E-state index in [1.54, 1.807) is 6.33 Å². The lowest BCUT2D eigenvalue weighted by atomic mass is 10.1. The van der Waals surface area contributed by atoms with Crippen LogP contribution < -0.4 is 0 Å². The molecule has 0 saturated carbocycles. The van der Waals surface area contributed by atoms with E-state index in [2.05, 4.69) is 31.8 Å². The van der Waals surface area contributed by atoms with E-state index in [1.807, 2.05) is 47.3 Å². The number of hydrogen-bond acceptors (Lipinski definition) is 3. The minimum atomic E-state index is 0.613. The first-order valence-electron chi connectivity index (χ1n) is 7.61. The molecule has 1 aliphatic rings. The van der Waals surface area contributed by atoms with Crippen molar-refractivity contribution >= 4 is 11.6 Å². The Bertz CT molecular complexity index is 1050. The number of nitrogens with zero attached hydrogens (tertiary/aromatic N) is 5. The van der Waals surface area contributed by atoms with Crippen molar-refractivity contribution in [3.8, 4) is 28.5 Å². The van der Waals surface area contributed by atoms with E-state index in [0.29, 0.717) is 11.6 Å². The SMILES string of the molecule is Clc1ccc2c(c1)-n1c(cnc1-c1ccccc1)Cn1ncnc1-2. The zero-order valence-electron chi connectivity index (χ0n) is 12.6.